The quantitative estimate of drug-likeness (QED) is 0.0281. The summed E-state index contributed by atoms with van der Waals surface area (Å²) < 4.78 is 29.8. The average molecular weight is 1390 g/mol. The van der Waals surface area contributed by atoms with Gasteiger partial charge in [-0.05, 0) is 123 Å². The molecule has 534 valence electrons. The first-order valence-electron chi connectivity index (χ1n) is 34.6. The molecule has 2 spiro atoms. The first-order valence-corrected chi connectivity index (χ1v) is 34.6. The van der Waals surface area contributed by atoms with Gasteiger partial charge >= 0.3 is 6.09 Å². The van der Waals surface area contributed by atoms with Crippen molar-refractivity contribution in [2.45, 2.75) is 135 Å². The first kappa shape index (κ1) is 69.6. The summed E-state index contributed by atoms with van der Waals surface area (Å²) in [7, 11) is 3.00. The lowest BCUT2D eigenvalue weighted by Crippen LogP contribution is -2.55. The zero-order valence-electron chi connectivity index (χ0n) is 57.5. The van der Waals surface area contributed by atoms with Gasteiger partial charge in [-0.1, -0.05) is 68.4 Å². The molecule has 2 saturated carbocycles. The Bertz CT molecular complexity index is 4300. The Morgan fingerprint density at radius 1 is 0.647 bits per heavy atom. The van der Waals surface area contributed by atoms with Gasteiger partial charge in [-0.25, -0.2) is 9.69 Å². The molecule has 5 aliphatic heterocycles. The van der Waals surface area contributed by atoms with Crippen LogP contribution in [0.4, 0.5) is 27.5 Å². The number of methoxy groups -OCH3 is 2. The van der Waals surface area contributed by atoms with E-state index >= 15 is 0 Å². The molecule has 102 heavy (non-hydrogen) atoms. The van der Waals surface area contributed by atoms with E-state index in [0.717, 1.165) is 54.7 Å². The number of benzene rings is 5. The second-order valence-corrected chi connectivity index (χ2v) is 27.8. The second-order valence-electron chi connectivity index (χ2n) is 27.8. The molecule has 0 radical (unpaired) electrons. The molecular weight excluding hydrogens is 1310 g/mol. The number of rotatable bonds is 25. The van der Waals surface area contributed by atoms with E-state index in [0.29, 0.717) is 95.5 Å². The van der Waals surface area contributed by atoms with Gasteiger partial charge in [-0.15, -0.1) is 0 Å². The van der Waals surface area contributed by atoms with Gasteiger partial charge in [0.1, 0.15) is 30.1 Å². The van der Waals surface area contributed by atoms with Crippen LogP contribution in [0.25, 0.3) is 22.5 Å². The van der Waals surface area contributed by atoms with E-state index in [4.69, 9.17) is 28.7 Å². The van der Waals surface area contributed by atoms with Crippen molar-refractivity contribution in [2.75, 3.05) is 68.7 Å². The third-order valence-corrected chi connectivity index (χ3v) is 20.3. The van der Waals surface area contributed by atoms with Crippen LogP contribution in [0.15, 0.2) is 102 Å². The van der Waals surface area contributed by atoms with E-state index in [1.54, 1.807) is 67.2 Å². The normalized spacial score (nSPS) is 18.8. The largest absolute Gasteiger partial charge is 0.493 e. The number of anilines is 3. The Morgan fingerprint density at radius 2 is 1.27 bits per heavy atom. The fraction of sp³-hybridized carbons (Fsp3) is 0.432. The van der Waals surface area contributed by atoms with Crippen molar-refractivity contribution in [3.8, 4) is 45.5 Å². The van der Waals surface area contributed by atoms with Crippen LogP contribution in [-0.4, -0.2) is 174 Å². The Kier molecular flexibility index (Phi) is 20.0. The highest BCUT2D eigenvalue weighted by Crippen LogP contribution is 2.58. The molecular formula is C74H83N13O15. The van der Waals surface area contributed by atoms with Crippen LogP contribution < -0.4 is 55.3 Å². The fourth-order valence-corrected chi connectivity index (χ4v) is 14.2. The SMILES string of the molecule is COc1cc2c(cc1OCCCCCOc1cc3c(cc1OC)C(=O)N1CC4(CC4)C[C@H]1C(O)N3C(=O)OCc1ccc(NC(=O)[C@H](C)NC(=O)[C@@H](NC(=O)CNC(=O)CNC(=O)CCC(=O)N3Cc4ccccc4-c4n[nH]nc4-c4ccccc43)C(C)C)cc1)N=C[C@@H]1CC3(CC3)CN1C2=O. The van der Waals surface area contributed by atoms with Gasteiger partial charge in [0.15, 0.2) is 29.2 Å². The summed E-state index contributed by atoms with van der Waals surface area (Å²) in [4.78, 5) is 133. The molecule has 13 rings (SSSR count). The van der Waals surface area contributed by atoms with E-state index in [1.165, 1.54) is 26.2 Å². The summed E-state index contributed by atoms with van der Waals surface area (Å²) >= 11 is 0. The highest BCUT2D eigenvalue weighted by Gasteiger charge is 2.58. The molecule has 6 aromatic rings. The summed E-state index contributed by atoms with van der Waals surface area (Å²) in [5, 5.41) is 36.5. The monoisotopic (exact) mass is 1390 g/mol. The maximum absolute atomic E-state index is 14.5. The Morgan fingerprint density at radius 3 is 1.98 bits per heavy atom. The number of para-hydroxylation sites is 1. The van der Waals surface area contributed by atoms with Crippen molar-refractivity contribution in [3.05, 3.63) is 119 Å². The summed E-state index contributed by atoms with van der Waals surface area (Å²) in [6.07, 6.45) is 6.59. The molecule has 5 aromatic carbocycles. The van der Waals surface area contributed by atoms with Gasteiger partial charge < -0.3 is 70.1 Å². The molecule has 4 fully saturated rings. The van der Waals surface area contributed by atoms with Crippen LogP contribution in [0.2, 0.25) is 0 Å². The maximum atomic E-state index is 14.5. The van der Waals surface area contributed by atoms with Crippen molar-refractivity contribution in [1.82, 2.24) is 46.5 Å². The molecule has 2 aliphatic carbocycles. The van der Waals surface area contributed by atoms with Crippen LogP contribution in [-0.2, 0) is 46.7 Å². The van der Waals surface area contributed by atoms with Gasteiger partial charge in [0.25, 0.3) is 11.8 Å². The van der Waals surface area contributed by atoms with Crippen LogP contribution in [0.3, 0.4) is 0 Å². The predicted octanol–water partition coefficient (Wildman–Crippen LogP) is 7.11. The molecule has 28 heteroatoms. The molecule has 0 bridgehead atoms. The number of ether oxygens (including phenoxy) is 5. The van der Waals surface area contributed by atoms with Gasteiger partial charge in [-0.3, -0.25) is 43.3 Å². The summed E-state index contributed by atoms with van der Waals surface area (Å²) in [5.74, 6) is -2.91. The standard InChI is InChI=1S/C74H83N13O15/c1-42(2)64(80-62(90)37-77-61(89)36-76-60(88)21-22-63(91)84-38-45-13-7-8-14-48(45)65-66(82-83-81-65)49-15-9-10-16-53(49)84)68(93)78-43(3)67(92)79-46-19-17-44(18-20-46)39-102-72(97)87-54-32-59(57(99-5)30-51(54)70(95)86-41-74(25-26-74)34-55(86)71(87)96)101-28-12-6-11-27-100-58-31-52-50(29-56(58)98-4)69(94)85-40-73(23-24-73)33-47(85)35-75-52/h7-10,13-20,29-32,35,42-43,47,55,64,71,96H,6,11-12,21-28,33-34,36-41H2,1-5H3,(H,76,88)(H,77,89)(H,78,93)(H,79,92)(H,80,90)(H,81,82,83)/t43-,47-,55-,64-,71?/m0/s1. The van der Waals surface area contributed by atoms with E-state index in [1.807, 2.05) is 59.6 Å². The van der Waals surface area contributed by atoms with Crippen LogP contribution in [0.1, 0.15) is 123 Å². The van der Waals surface area contributed by atoms with Crippen LogP contribution in [0, 0.1) is 16.7 Å². The number of fused-ring (bicyclic) bond motifs is 9. The number of aliphatic hydroxyl groups excluding tert-OH is 1. The summed E-state index contributed by atoms with van der Waals surface area (Å²) in [6, 6.07) is 24.9. The number of unbranched alkanes of at least 4 members (excludes halogenated alkanes) is 2. The molecule has 6 heterocycles. The lowest BCUT2D eigenvalue weighted by atomic mass is 9.95. The highest BCUT2D eigenvalue weighted by atomic mass is 16.6. The number of hydrogen-bond acceptors (Lipinski definition) is 18. The summed E-state index contributed by atoms with van der Waals surface area (Å²) in [6.45, 7) is 5.59. The lowest BCUT2D eigenvalue weighted by Gasteiger charge is -2.31. The number of carbonyl (C=O) groups is 9. The minimum Gasteiger partial charge on any atom is -0.493 e. The van der Waals surface area contributed by atoms with Crippen molar-refractivity contribution < 1.29 is 71.9 Å². The Hall–Kier alpha value is -10.9. The number of aromatic amines is 1. The number of nitrogens with one attached hydrogen (secondary N) is 6. The van der Waals surface area contributed by atoms with E-state index < -0.39 is 79.0 Å². The second kappa shape index (κ2) is 29.4. The van der Waals surface area contributed by atoms with Gasteiger partial charge in [-0.2, -0.15) is 15.4 Å². The minimum absolute atomic E-state index is 0.0168. The number of carbonyl (C=O) groups excluding carboxylic acids is 9. The zero-order valence-corrected chi connectivity index (χ0v) is 57.5. The average Bonchev–Trinajstić information content (AvgIpc) is 1.59. The maximum Gasteiger partial charge on any atom is 0.416 e. The lowest BCUT2D eigenvalue weighted by molar-refractivity contribution is -0.132. The van der Waals surface area contributed by atoms with Crippen LogP contribution in [0.5, 0.6) is 23.0 Å². The summed E-state index contributed by atoms with van der Waals surface area (Å²) in [5.41, 5.74) is 6.46. The van der Waals surface area contributed by atoms with Crippen molar-refractivity contribution in [1.29, 1.82) is 0 Å². The molecule has 28 nitrogen and oxygen atoms in total. The fourth-order valence-electron chi connectivity index (χ4n) is 14.2. The van der Waals surface area contributed by atoms with Gasteiger partial charge in [0, 0.05) is 61.1 Å². The number of aromatic nitrogens is 3. The first-order chi connectivity index (χ1) is 49.2. The van der Waals surface area contributed by atoms with Gasteiger partial charge in [0.2, 0.25) is 35.4 Å². The molecule has 7 N–H and O–H groups in total. The third-order valence-electron chi connectivity index (χ3n) is 20.3. The number of amides is 9. The minimum atomic E-state index is -1.47. The molecule has 1 unspecified atom stereocenters. The molecule has 1 aromatic heterocycles. The highest BCUT2D eigenvalue weighted by molar-refractivity contribution is 6.07. The third kappa shape index (κ3) is 14.8. The van der Waals surface area contributed by atoms with E-state index in [9.17, 15) is 48.3 Å². The zero-order chi connectivity index (χ0) is 71.6. The van der Waals surface area contributed by atoms with Gasteiger partial charge in [0.05, 0.1) is 87.3 Å². The number of aliphatic imine (C=N–C) groups is 1. The number of hydrogen-bond donors (Lipinski definition) is 7. The smallest absolute Gasteiger partial charge is 0.416 e. The van der Waals surface area contributed by atoms with Crippen molar-refractivity contribution in [2.24, 2.45) is 21.7 Å². The van der Waals surface area contributed by atoms with E-state index in [2.05, 4.69) is 42.0 Å². The molecule has 2 saturated heterocycles. The van der Waals surface area contributed by atoms with Crippen molar-refractivity contribution >= 4 is 82.3 Å². The molecule has 5 atom stereocenters. The Labute approximate surface area is 588 Å². The number of nitrogens with zero attached hydrogens (tertiary/aromatic N) is 7. The predicted molar refractivity (Wildman–Crippen MR) is 373 cm³/mol. The van der Waals surface area contributed by atoms with E-state index in [-0.39, 0.29) is 89.9 Å². The van der Waals surface area contributed by atoms with Crippen molar-refractivity contribution in [3.63, 3.8) is 0 Å². The molecule has 7 aliphatic rings. The number of H-pyrrole nitrogens is 1. The molecule has 9 amide bonds. The van der Waals surface area contributed by atoms with Crippen LogP contribution >= 0.6 is 0 Å². The Balaban J connectivity index is 0.556. The topological polar surface area (TPSA) is 347 Å². The number of aliphatic hydroxyl groups is 1.